The molecule has 188 valence electrons. The molecule has 37 heavy (non-hydrogen) atoms. The number of ether oxygens (including phenoxy) is 4. The van der Waals surface area contributed by atoms with Gasteiger partial charge in [-0.3, -0.25) is 0 Å². The summed E-state index contributed by atoms with van der Waals surface area (Å²) in [6, 6.07) is 22.8. The van der Waals surface area contributed by atoms with Gasteiger partial charge in [-0.2, -0.15) is 5.10 Å². The van der Waals surface area contributed by atoms with Crippen LogP contribution in [0.5, 0.6) is 5.75 Å². The van der Waals surface area contributed by atoms with Crippen LogP contribution in [0.4, 0.5) is 0 Å². The van der Waals surface area contributed by atoms with Gasteiger partial charge in [-0.25, -0.2) is 19.1 Å². The third-order valence-electron chi connectivity index (χ3n) is 5.56. The number of esters is 3. The number of hydrogen-bond donors (Lipinski definition) is 0. The Balaban J connectivity index is 1.64. The van der Waals surface area contributed by atoms with Crippen molar-refractivity contribution in [2.75, 3.05) is 21.3 Å². The van der Waals surface area contributed by atoms with E-state index in [1.54, 1.807) is 72.8 Å². The van der Waals surface area contributed by atoms with Crippen LogP contribution in [0, 0.1) is 0 Å². The van der Waals surface area contributed by atoms with Crippen LogP contribution >= 0.6 is 0 Å². The monoisotopic (exact) mass is 500 g/mol. The van der Waals surface area contributed by atoms with E-state index >= 15 is 0 Å². The minimum absolute atomic E-state index is 0.00225. The molecule has 1 aromatic heterocycles. The van der Waals surface area contributed by atoms with Gasteiger partial charge in [-0.15, -0.1) is 0 Å². The molecule has 0 N–H and O–H groups in total. The number of hydrogen-bond acceptors (Lipinski definition) is 8. The van der Waals surface area contributed by atoms with E-state index in [-0.39, 0.29) is 23.6 Å². The highest BCUT2D eigenvalue weighted by molar-refractivity contribution is 6.06. The van der Waals surface area contributed by atoms with Crippen molar-refractivity contribution in [3.8, 4) is 22.7 Å². The number of rotatable bonds is 8. The van der Waals surface area contributed by atoms with Crippen LogP contribution in [-0.4, -0.2) is 49.0 Å². The highest BCUT2D eigenvalue weighted by Crippen LogP contribution is 2.30. The Morgan fingerprint density at radius 2 is 1.35 bits per heavy atom. The van der Waals surface area contributed by atoms with Crippen molar-refractivity contribution in [1.29, 1.82) is 0 Å². The molecule has 0 aliphatic heterocycles. The fourth-order valence-corrected chi connectivity index (χ4v) is 3.69. The van der Waals surface area contributed by atoms with Gasteiger partial charge in [0, 0.05) is 5.56 Å². The van der Waals surface area contributed by atoms with Crippen molar-refractivity contribution in [2.24, 2.45) is 0 Å². The first-order valence-electron chi connectivity index (χ1n) is 11.2. The Hall–Kier alpha value is -4.92. The molecule has 0 saturated carbocycles. The first-order valence-corrected chi connectivity index (χ1v) is 11.2. The summed E-state index contributed by atoms with van der Waals surface area (Å²) in [5.41, 5.74) is 2.71. The van der Waals surface area contributed by atoms with Gasteiger partial charge in [0.1, 0.15) is 23.6 Å². The summed E-state index contributed by atoms with van der Waals surface area (Å²) in [5, 5.41) is 4.58. The van der Waals surface area contributed by atoms with E-state index in [1.165, 1.54) is 26.0 Å². The third-order valence-corrected chi connectivity index (χ3v) is 5.56. The van der Waals surface area contributed by atoms with Crippen molar-refractivity contribution < 1.29 is 33.3 Å². The molecule has 3 aromatic carbocycles. The maximum absolute atomic E-state index is 12.8. The van der Waals surface area contributed by atoms with Crippen LogP contribution < -0.4 is 4.74 Å². The van der Waals surface area contributed by atoms with E-state index in [2.05, 4.69) is 5.10 Å². The van der Waals surface area contributed by atoms with Crippen LogP contribution in [0.15, 0.2) is 78.9 Å². The van der Waals surface area contributed by atoms with Crippen LogP contribution in [0.25, 0.3) is 16.9 Å². The summed E-state index contributed by atoms with van der Waals surface area (Å²) in [6.07, 6.45) is 0. The van der Waals surface area contributed by atoms with Gasteiger partial charge in [-0.05, 0) is 54.1 Å². The predicted molar refractivity (Wildman–Crippen MR) is 134 cm³/mol. The van der Waals surface area contributed by atoms with Crippen LogP contribution in [0.2, 0.25) is 0 Å². The zero-order valence-corrected chi connectivity index (χ0v) is 20.5. The van der Waals surface area contributed by atoms with Crippen molar-refractivity contribution in [2.45, 2.75) is 6.61 Å². The molecule has 9 nitrogen and oxygen atoms in total. The molecule has 0 fully saturated rings. The standard InChI is InChI=1S/C28H24N2O7/c1-34-26(31)20-11-9-18(10-12-20)17-37-22-15-13-19(14-16-22)24-23(27(32)35-2)25(28(33)36-3)30(29-24)21-7-5-4-6-8-21/h4-16H,17H2,1-3H3. The summed E-state index contributed by atoms with van der Waals surface area (Å²) in [7, 11) is 3.81. The topological polar surface area (TPSA) is 106 Å². The second kappa shape index (κ2) is 11.2. The van der Waals surface area contributed by atoms with Crippen molar-refractivity contribution in [3.05, 3.63) is 101 Å². The lowest BCUT2D eigenvalue weighted by Crippen LogP contribution is -2.15. The lowest BCUT2D eigenvalue weighted by molar-refractivity contribution is 0.0549. The summed E-state index contributed by atoms with van der Waals surface area (Å²) in [6.45, 7) is 0.281. The average Bonchev–Trinajstić information content (AvgIpc) is 3.36. The Morgan fingerprint density at radius 3 is 1.95 bits per heavy atom. The molecule has 0 unspecified atom stereocenters. The lowest BCUT2D eigenvalue weighted by Gasteiger charge is -2.08. The highest BCUT2D eigenvalue weighted by atomic mass is 16.5. The van der Waals surface area contributed by atoms with E-state index in [9.17, 15) is 14.4 Å². The predicted octanol–water partition coefficient (Wildman–Crippen LogP) is 4.48. The maximum atomic E-state index is 12.8. The van der Waals surface area contributed by atoms with Crippen LogP contribution in [0.1, 0.15) is 36.8 Å². The number of nitrogens with zero attached hydrogens (tertiary/aromatic N) is 2. The lowest BCUT2D eigenvalue weighted by atomic mass is 10.1. The molecule has 0 bridgehead atoms. The molecule has 0 atom stereocenters. The second-order valence-corrected chi connectivity index (χ2v) is 7.80. The van der Waals surface area contributed by atoms with E-state index in [1.807, 2.05) is 6.07 Å². The molecule has 4 rings (SSSR count). The van der Waals surface area contributed by atoms with E-state index in [0.717, 1.165) is 5.56 Å². The van der Waals surface area contributed by atoms with E-state index < -0.39 is 17.9 Å². The average molecular weight is 501 g/mol. The molecule has 0 spiro atoms. The van der Waals surface area contributed by atoms with Gasteiger partial charge in [0.25, 0.3) is 0 Å². The molecule has 0 aliphatic carbocycles. The number of benzene rings is 3. The highest BCUT2D eigenvalue weighted by Gasteiger charge is 2.31. The van der Waals surface area contributed by atoms with E-state index in [0.29, 0.717) is 22.6 Å². The van der Waals surface area contributed by atoms with Crippen LogP contribution in [0.3, 0.4) is 0 Å². The first-order chi connectivity index (χ1) is 18.0. The zero-order chi connectivity index (χ0) is 26.4. The molecule has 4 aromatic rings. The number of carbonyl (C=O) groups excluding carboxylic acids is 3. The van der Waals surface area contributed by atoms with Gasteiger partial charge in [0.2, 0.25) is 0 Å². The molecule has 1 heterocycles. The SMILES string of the molecule is COC(=O)c1ccc(COc2ccc(-c3nn(-c4ccccc4)c(C(=O)OC)c3C(=O)OC)cc2)cc1. The Bertz CT molecular complexity index is 1410. The van der Waals surface area contributed by atoms with Crippen molar-refractivity contribution in [1.82, 2.24) is 9.78 Å². The van der Waals surface area contributed by atoms with E-state index in [4.69, 9.17) is 18.9 Å². The largest absolute Gasteiger partial charge is 0.489 e. The number of para-hydroxylation sites is 1. The van der Waals surface area contributed by atoms with Crippen molar-refractivity contribution in [3.63, 3.8) is 0 Å². The summed E-state index contributed by atoms with van der Waals surface area (Å²) >= 11 is 0. The minimum atomic E-state index is -0.721. The number of methoxy groups -OCH3 is 3. The first kappa shape index (κ1) is 25.2. The number of aromatic nitrogens is 2. The fourth-order valence-electron chi connectivity index (χ4n) is 3.69. The fraction of sp³-hybridized carbons (Fsp3) is 0.143. The smallest absolute Gasteiger partial charge is 0.357 e. The summed E-state index contributed by atoms with van der Waals surface area (Å²) in [5.74, 6) is -1.26. The Kier molecular flexibility index (Phi) is 7.63. The summed E-state index contributed by atoms with van der Waals surface area (Å²) in [4.78, 5) is 37.1. The molecule has 0 aliphatic rings. The Labute approximate surface area is 213 Å². The number of carbonyl (C=O) groups is 3. The Morgan fingerprint density at radius 1 is 0.730 bits per heavy atom. The quantitative estimate of drug-likeness (QED) is 0.258. The minimum Gasteiger partial charge on any atom is -0.489 e. The molecular formula is C28H24N2O7. The van der Waals surface area contributed by atoms with Crippen LogP contribution in [-0.2, 0) is 20.8 Å². The summed E-state index contributed by atoms with van der Waals surface area (Å²) < 4.78 is 21.9. The van der Waals surface area contributed by atoms with Gasteiger partial charge in [0.05, 0.1) is 32.6 Å². The van der Waals surface area contributed by atoms with Crippen molar-refractivity contribution >= 4 is 17.9 Å². The van der Waals surface area contributed by atoms with Gasteiger partial charge < -0.3 is 18.9 Å². The maximum Gasteiger partial charge on any atom is 0.357 e. The zero-order valence-electron chi connectivity index (χ0n) is 20.5. The van der Waals surface area contributed by atoms with Gasteiger partial charge in [-0.1, -0.05) is 30.3 Å². The third kappa shape index (κ3) is 5.35. The molecule has 0 amide bonds. The normalized spacial score (nSPS) is 10.5. The van der Waals surface area contributed by atoms with Gasteiger partial charge >= 0.3 is 17.9 Å². The molecule has 0 saturated heterocycles. The molecule has 0 radical (unpaired) electrons. The van der Waals surface area contributed by atoms with Gasteiger partial charge in [0.15, 0.2) is 5.69 Å². The molecular weight excluding hydrogens is 476 g/mol. The molecule has 9 heteroatoms. The second-order valence-electron chi connectivity index (χ2n) is 7.80.